The molecular weight excluding hydrogens is 272 g/mol. The van der Waals surface area contributed by atoms with E-state index in [4.69, 9.17) is 0 Å². The number of nitro benzene ring substituents is 1. The Kier molecular flexibility index (Phi) is 4.74. The van der Waals surface area contributed by atoms with E-state index in [1.54, 1.807) is 20.2 Å². The lowest BCUT2D eigenvalue weighted by molar-refractivity contribution is -0.384. The quantitative estimate of drug-likeness (QED) is 0.648. The number of anilines is 1. The van der Waals surface area contributed by atoms with E-state index in [-0.39, 0.29) is 17.6 Å². The van der Waals surface area contributed by atoms with E-state index in [1.165, 1.54) is 17.0 Å². The summed E-state index contributed by atoms with van der Waals surface area (Å²) in [6.45, 7) is 1.74. The molecule has 2 rings (SSSR count). The van der Waals surface area contributed by atoms with Gasteiger partial charge in [0.2, 0.25) is 0 Å². The van der Waals surface area contributed by atoms with Gasteiger partial charge >= 0.3 is 0 Å². The van der Waals surface area contributed by atoms with Crippen molar-refractivity contribution in [2.45, 2.75) is 18.9 Å². The highest BCUT2D eigenvalue weighted by atomic mass is 16.6. The summed E-state index contributed by atoms with van der Waals surface area (Å²) in [6.07, 6.45) is 1.98. The van der Waals surface area contributed by atoms with Crippen LogP contribution in [0.1, 0.15) is 23.2 Å². The number of rotatable bonds is 4. The molecule has 0 spiro atoms. The normalized spacial score (nSPS) is 18.1. The Labute approximate surface area is 123 Å². The van der Waals surface area contributed by atoms with E-state index < -0.39 is 4.92 Å². The van der Waals surface area contributed by atoms with Crippen LogP contribution >= 0.6 is 0 Å². The summed E-state index contributed by atoms with van der Waals surface area (Å²) in [4.78, 5) is 24.1. The summed E-state index contributed by atoms with van der Waals surface area (Å²) in [5.74, 6) is -0.172. The van der Waals surface area contributed by atoms with Crippen LogP contribution in [-0.4, -0.2) is 49.0 Å². The number of nitrogens with zero attached hydrogens (tertiary/aromatic N) is 2. The molecule has 7 heteroatoms. The van der Waals surface area contributed by atoms with Crippen molar-refractivity contribution in [1.29, 1.82) is 0 Å². The molecule has 1 aromatic rings. The Morgan fingerprint density at radius 3 is 2.81 bits per heavy atom. The second-order valence-electron chi connectivity index (χ2n) is 5.38. The van der Waals surface area contributed by atoms with Crippen LogP contribution in [0.3, 0.4) is 0 Å². The molecule has 0 bridgehead atoms. The topological polar surface area (TPSA) is 87.5 Å². The van der Waals surface area contributed by atoms with Gasteiger partial charge in [-0.15, -0.1) is 0 Å². The summed E-state index contributed by atoms with van der Waals surface area (Å²) in [7, 11) is 3.31. The fourth-order valence-electron chi connectivity index (χ4n) is 2.40. The highest BCUT2D eigenvalue weighted by Gasteiger charge is 2.21. The van der Waals surface area contributed by atoms with E-state index in [1.807, 2.05) is 0 Å². The monoisotopic (exact) mass is 292 g/mol. The van der Waals surface area contributed by atoms with Crippen molar-refractivity contribution < 1.29 is 9.72 Å². The minimum Gasteiger partial charge on any atom is -0.375 e. The molecule has 1 unspecified atom stereocenters. The van der Waals surface area contributed by atoms with Crippen molar-refractivity contribution in [3.05, 3.63) is 33.9 Å². The van der Waals surface area contributed by atoms with Gasteiger partial charge in [0, 0.05) is 38.3 Å². The van der Waals surface area contributed by atoms with Crippen LogP contribution in [0.4, 0.5) is 11.4 Å². The molecule has 1 atom stereocenters. The van der Waals surface area contributed by atoms with E-state index in [9.17, 15) is 14.9 Å². The molecule has 114 valence electrons. The van der Waals surface area contributed by atoms with Crippen molar-refractivity contribution >= 4 is 17.3 Å². The molecule has 21 heavy (non-hydrogen) atoms. The Balaban J connectivity index is 2.28. The third-order valence-electron chi connectivity index (χ3n) is 3.50. The lowest BCUT2D eigenvalue weighted by atomic mass is 10.1. The lowest BCUT2D eigenvalue weighted by Crippen LogP contribution is -2.38. The van der Waals surface area contributed by atoms with Crippen molar-refractivity contribution in [3.63, 3.8) is 0 Å². The second-order valence-corrected chi connectivity index (χ2v) is 5.38. The molecule has 1 aliphatic rings. The first-order valence-corrected chi connectivity index (χ1v) is 6.96. The lowest BCUT2D eigenvalue weighted by Gasteiger charge is -2.25. The molecule has 1 amide bonds. The summed E-state index contributed by atoms with van der Waals surface area (Å²) in [6, 6.07) is 4.58. The number of hydrogen-bond donors (Lipinski definition) is 2. The first-order valence-electron chi connectivity index (χ1n) is 6.96. The van der Waals surface area contributed by atoms with Crippen LogP contribution in [0.2, 0.25) is 0 Å². The van der Waals surface area contributed by atoms with Gasteiger partial charge in [0.25, 0.3) is 11.6 Å². The van der Waals surface area contributed by atoms with Gasteiger partial charge in [0.1, 0.15) is 5.69 Å². The van der Waals surface area contributed by atoms with E-state index in [2.05, 4.69) is 10.6 Å². The Bertz CT molecular complexity index is 539. The summed E-state index contributed by atoms with van der Waals surface area (Å²) in [5, 5.41) is 17.6. The number of nitro groups is 1. The van der Waals surface area contributed by atoms with Crippen molar-refractivity contribution in [1.82, 2.24) is 10.2 Å². The highest BCUT2D eigenvalue weighted by molar-refractivity contribution is 5.95. The minimum absolute atomic E-state index is 0.00382. The van der Waals surface area contributed by atoms with E-state index in [0.717, 1.165) is 25.9 Å². The molecular formula is C14H20N4O3. The van der Waals surface area contributed by atoms with Crippen LogP contribution in [0.5, 0.6) is 0 Å². The Morgan fingerprint density at radius 1 is 1.48 bits per heavy atom. The van der Waals surface area contributed by atoms with Crippen molar-refractivity contribution in [2.24, 2.45) is 0 Å². The summed E-state index contributed by atoms with van der Waals surface area (Å²) < 4.78 is 0. The third kappa shape index (κ3) is 3.69. The van der Waals surface area contributed by atoms with E-state index in [0.29, 0.717) is 11.3 Å². The number of amides is 1. The van der Waals surface area contributed by atoms with Crippen molar-refractivity contribution in [3.8, 4) is 0 Å². The zero-order valence-electron chi connectivity index (χ0n) is 12.3. The number of carbonyl (C=O) groups excluding carboxylic acids is 1. The standard InChI is InChI=1S/C14H20N4O3/c1-17(2)14(19)10-5-6-13(18(20)21)12(8-10)16-11-4-3-7-15-9-11/h5-6,8,11,15-16H,3-4,7,9H2,1-2H3. The van der Waals surface area contributed by atoms with Crippen LogP contribution in [0.15, 0.2) is 18.2 Å². The zero-order chi connectivity index (χ0) is 15.4. The fourth-order valence-corrected chi connectivity index (χ4v) is 2.40. The number of piperidine rings is 1. The molecule has 1 aliphatic heterocycles. The van der Waals surface area contributed by atoms with E-state index >= 15 is 0 Å². The summed E-state index contributed by atoms with van der Waals surface area (Å²) in [5.41, 5.74) is 0.842. The molecule has 1 heterocycles. The molecule has 1 fully saturated rings. The van der Waals surface area contributed by atoms with Crippen LogP contribution in [0, 0.1) is 10.1 Å². The number of carbonyl (C=O) groups is 1. The maximum Gasteiger partial charge on any atom is 0.292 e. The average molecular weight is 292 g/mol. The van der Waals surface area contributed by atoms with Gasteiger partial charge in [-0.25, -0.2) is 0 Å². The van der Waals surface area contributed by atoms with Crippen molar-refractivity contribution in [2.75, 3.05) is 32.5 Å². The molecule has 1 aromatic carbocycles. The first-order chi connectivity index (χ1) is 9.99. The maximum absolute atomic E-state index is 12.0. The summed E-state index contributed by atoms with van der Waals surface area (Å²) >= 11 is 0. The van der Waals surface area contributed by atoms with Gasteiger partial charge in [-0.1, -0.05) is 0 Å². The second kappa shape index (κ2) is 6.53. The number of benzene rings is 1. The predicted octanol–water partition coefficient (Wildman–Crippen LogP) is 1.46. The smallest absolute Gasteiger partial charge is 0.292 e. The van der Waals surface area contributed by atoms with Crippen LogP contribution < -0.4 is 10.6 Å². The van der Waals surface area contributed by atoms with Crippen LogP contribution in [0.25, 0.3) is 0 Å². The first kappa shape index (κ1) is 15.2. The van der Waals surface area contributed by atoms with Crippen LogP contribution in [-0.2, 0) is 0 Å². The molecule has 0 radical (unpaired) electrons. The predicted molar refractivity (Wildman–Crippen MR) is 80.6 cm³/mol. The van der Waals surface area contributed by atoms with Gasteiger partial charge in [-0.3, -0.25) is 14.9 Å². The molecule has 0 saturated carbocycles. The number of nitrogens with one attached hydrogen (secondary N) is 2. The van der Waals surface area contributed by atoms with Gasteiger partial charge in [-0.2, -0.15) is 0 Å². The van der Waals surface area contributed by atoms with Gasteiger partial charge < -0.3 is 15.5 Å². The SMILES string of the molecule is CN(C)C(=O)c1ccc([N+](=O)[O-])c(NC2CCCNC2)c1. The number of hydrogen-bond acceptors (Lipinski definition) is 5. The molecule has 2 N–H and O–H groups in total. The zero-order valence-corrected chi connectivity index (χ0v) is 12.3. The Morgan fingerprint density at radius 2 is 2.24 bits per heavy atom. The van der Waals surface area contributed by atoms with Gasteiger partial charge in [-0.05, 0) is 31.5 Å². The molecule has 7 nitrogen and oxygen atoms in total. The minimum atomic E-state index is -0.428. The third-order valence-corrected chi connectivity index (χ3v) is 3.50. The molecule has 1 saturated heterocycles. The molecule has 0 aromatic heterocycles. The molecule has 0 aliphatic carbocycles. The largest absolute Gasteiger partial charge is 0.375 e. The highest BCUT2D eigenvalue weighted by Crippen LogP contribution is 2.27. The maximum atomic E-state index is 12.0. The average Bonchev–Trinajstić information content (AvgIpc) is 2.47. The van der Waals surface area contributed by atoms with Gasteiger partial charge in [0.15, 0.2) is 0 Å². The fraction of sp³-hybridized carbons (Fsp3) is 0.500. The Hall–Kier alpha value is -2.15. The van der Waals surface area contributed by atoms with Gasteiger partial charge in [0.05, 0.1) is 4.92 Å².